The van der Waals surface area contributed by atoms with Gasteiger partial charge in [0.2, 0.25) is 12.0 Å². The molecule has 0 aromatic heterocycles. The van der Waals surface area contributed by atoms with Crippen LogP contribution in [0.3, 0.4) is 0 Å². The first kappa shape index (κ1) is 20.6. The minimum absolute atomic E-state index is 0.0196. The molecule has 0 aromatic carbocycles. The summed E-state index contributed by atoms with van der Waals surface area (Å²) in [4.78, 5) is 25.8. The van der Waals surface area contributed by atoms with Crippen molar-refractivity contribution in [3.05, 3.63) is 23.7 Å². The smallest absolute Gasteiger partial charge is 0.345 e. The van der Waals surface area contributed by atoms with Gasteiger partial charge in [-0.2, -0.15) is 4.99 Å². The van der Waals surface area contributed by atoms with Gasteiger partial charge in [-0.05, 0) is 32.8 Å². The Kier molecular flexibility index (Phi) is 9.27. The van der Waals surface area contributed by atoms with Gasteiger partial charge in [0.05, 0.1) is 18.8 Å². The van der Waals surface area contributed by atoms with E-state index in [-0.39, 0.29) is 24.0 Å². The van der Waals surface area contributed by atoms with Crippen LogP contribution in [-0.2, 0) is 19.1 Å². The van der Waals surface area contributed by atoms with E-state index < -0.39 is 11.5 Å². The molecule has 0 saturated carbocycles. The molecule has 0 amide bonds. The number of esters is 1. The van der Waals surface area contributed by atoms with Gasteiger partial charge in [0.1, 0.15) is 5.57 Å². The van der Waals surface area contributed by atoms with Crippen LogP contribution < -0.4 is 5.32 Å². The maximum absolute atomic E-state index is 11.9. The molecule has 0 fully saturated rings. The van der Waals surface area contributed by atoms with E-state index in [0.717, 1.165) is 6.21 Å². The van der Waals surface area contributed by atoms with Crippen LogP contribution in [0.15, 0.2) is 28.7 Å². The summed E-state index contributed by atoms with van der Waals surface area (Å²) >= 11 is 0. The Balaban J connectivity index is 5.35. The number of nitrogens with one attached hydrogen (secondary N) is 2. The molecule has 0 heterocycles. The predicted molar refractivity (Wildman–Crippen MR) is 87.7 cm³/mol. The number of ether oxygens (including phenoxy) is 2. The maximum Gasteiger partial charge on any atom is 0.345 e. The van der Waals surface area contributed by atoms with Gasteiger partial charge in [-0.3, -0.25) is 0 Å². The van der Waals surface area contributed by atoms with Crippen LogP contribution in [0.1, 0.15) is 34.6 Å². The standard InChI is InChI=1S/C16H25N3O4/c1-6-22-15(21)13(9-17)14(23-10-12(2)3)18-8-7-16(4,5)19-11-20/h7-9,12,17-18H,6,10H2,1-5H3/b8-7+,14-13-,17-9?. The highest BCUT2D eigenvalue weighted by atomic mass is 16.5. The second kappa shape index (κ2) is 10.3. The van der Waals surface area contributed by atoms with Crippen LogP contribution in [-0.4, -0.2) is 37.0 Å². The lowest BCUT2D eigenvalue weighted by atomic mass is 10.1. The van der Waals surface area contributed by atoms with Gasteiger partial charge in [-0.15, -0.1) is 0 Å². The largest absolute Gasteiger partial charge is 0.478 e. The van der Waals surface area contributed by atoms with E-state index in [1.165, 1.54) is 12.3 Å². The predicted octanol–water partition coefficient (Wildman–Crippen LogP) is 2.30. The van der Waals surface area contributed by atoms with Crippen molar-refractivity contribution in [1.29, 1.82) is 5.41 Å². The average Bonchev–Trinajstić information content (AvgIpc) is 2.44. The summed E-state index contributed by atoms with van der Waals surface area (Å²) in [5.74, 6) is -0.289. The average molecular weight is 323 g/mol. The first-order chi connectivity index (χ1) is 10.8. The number of carbonyl (C=O) groups excluding carboxylic acids is 2. The van der Waals surface area contributed by atoms with Crippen molar-refractivity contribution in [2.75, 3.05) is 13.2 Å². The van der Waals surface area contributed by atoms with Gasteiger partial charge in [-0.25, -0.2) is 9.59 Å². The van der Waals surface area contributed by atoms with E-state index in [1.54, 1.807) is 26.8 Å². The second-order valence-electron chi connectivity index (χ2n) is 5.65. The summed E-state index contributed by atoms with van der Waals surface area (Å²) in [5.41, 5.74) is -0.763. The van der Waals surface area contributed by atoms with E-state index in [2.05, 4.69) is 10.3 Å². The Morgan fingerprint density at radius 2 is 2.04 bits per heavy atom. The Hall–Kier alpha value is -2.40. The number of rotatable bonds is 10. The van der Waals surface area contributed by atoms with Crippen molar-refractivity contribution in [2.24, 2.45) is 10.9 Å². The zero-order chi connectivity index (χ0) is 17.9. The number of nitrogens with zero attached hydrogens (tertiary/aromatic N) is 1. The quantitative estimate of drug-likeness (QED) is 0.211. The number of carbonyl (C=O) groups is 1. The molecule has 0 spiro atoms. The lowest BCUT2D eigenvalue weighted by Crippen LogP contribution is -2.22. The summed E-state index contributed by atoms with van der Waals surface area (Å²) in [7, 11) is 0. The van der Waals surface area contributed by atoms with Crippen molar-refractivity contribution in [3.63, 3.8) is 0 Å². The lowest BCUT2D eigenvalue weighted by Gasteiger charge is -2.16. The third-order valence-corrected chi connectivity index (χ3v) is 2.48. The van der Waals surface area contributed by atoms with E-state index in [1.807, 2.05) is 13.8 Å². The first-order valence-corrected chi connectivity index (χ1v) is 7.35. The molecule has 0 aromatic rings. The summed E-state index contributed by atoms with van der Waals surface area (Å²) in [6, 6.07) is 0. The Bertz CT molecular complexity index is 515. The molecule has 0 unspecified atom stereocenters. The van der Waals surface area contributed by atoms with Crippen molar-refractivity contribution in [2.45, 2.75) is 40.2 Å². The molecule has 0 radical (unpaired) electrons. The fourth-order valence-electron chi connectivity index (χ4n) is 1.35. The van der Waals surface area contributed by atoms with Gasteiger partial charge >= 0.3 is 5.97 Å². The molecule has 0 aliphatic rings. The molecule has 128 valence electrons. The molecular formula is C16H25N3O4. The Labute approximate surface area is 137 Å². The summed E-state index contributed by atoms with van der Waals surface area (Å²) in [5, 5.41) is 10.2. The topological polar surface area (TPSA) is 101 Å². The summed E-state index contributed by atoms with van der Waals surface area (Å²) < 4.78 is 10.5. The van der Waals surface area contributed by atoms with E-state index in [9.17, 15) is 9.59 Å². The zero-order valence-electron chi connectivity index (χ0n) is 14.3. The molecule has 23 heavy (non-hydrogen) atoms. The number of hydrogen-bond donors (Lipinski definition) is 2. The second-order valence-corrected chi connectivity index (χ2v) is 5.65. The van der Waals surface area contributed by atoms with E-state index in [4.69, 9.17) is 14.9 Å². The minimum Gasteiger partial charge on any atom is -0.478 e. The Morgan fingerprint density at radius 3 is 2.52 bits per heavy atom. The zero-order valence-corrected chi connectivity index (χ0v) is 14.3. The van der Waals surface area contributed by atoms with Gasteiger partial charge in [0.25, 0.3) is 0 Å². The highest BCUT2D eigenvalue weighted by Crippen LogP contribution is 2.11. The number of aliphatic imine (C=N–C) groups is 1. The molecule has 7 nitrogen and oxygen atoms in total. The fourth-order valence-corrected chi connectivity index (χ4v) is 1.35. The number of isocyanates is 1. The maximum atomic E-state index is 11.9. The van der Waals surface area contributed by atoms with E-state index >= 15 is 0 Å². The molecule has 0 aliphatic carbocycles. The molecule has 7 heteroatoms. The molecule has 0 saturated heterocycles. The first-order valence-electron chi connectivity index (χ1n) is 7.35. The van der Waals surface area contributed by atoms with Crippen molar-refractivity contribution < 1.29 is 19.1 Å². The third kappa shape index (κ3) is 8.58. The molecule has 0 bridgehead atoms. The monoisotopic (exact) mass is 323 g/mol. The minimum atomic E-state index is -0.743. The van der Waals surface area contributed by atoms with E-state index in [0.29, 0.717) is 6.61 Å². The van der Waals surface area contributed by atoms with Crippen molar-refractivity contribution >= 4 is 18.3 Å². The van der Waals surface area contributed by atoms with Gasteiger partial charge in [0.15, 0.2) is 0 Å². The summed E-state index contributed by atoms with van der Waals surface area (Å²) in [6.07, 6.45) is 5.49. The third-order valence-electron chi connectivity index (χ3n) is 2.48. The lowest BCUT2D eigenvalue weighted by molar-refractivity contribution is -0.138. The van der Waals surface area contributed by atoms with Crippen LogP contribution in [0.2, 0.25) is 0 Å². The SMILES string of the molecule is CCOC(=O)/C(C=N)=C(/N/C=C/C(C)(C)N=C=O)OCC(C)C. The molecule has 0 aliphatic heterocycles. The van der Waals surface area contributed by atoms with Crippen molar-refractivity contribution in [3.8, 4) is 0 Å². The van der Waals surface area contributed by atoms with Gasteiger partial charge in [-0.1, -0.05) is 13.8 Å². The molecule has 2 N–H and O–H groups in total. The normalized spacial score (nSPS) is 12.4. The number of hydrogen-bond acceptors (Lipinski definition) is 7. The highest BCUT2D eigenvalue weighted by Gasteiger charge is 2.17. The fraction of sp³-hybridized carbons (Fsp3) is 0.562. The highest BCUT2D eigenvalue weighted by molar-refractivity contribution is 6.08. The molecule has 0 atom stereocenters. The van der Waals surface area contributed by atoms with Crippen LogP contribution in [0, 0.1) is 11.3 Å². The van der Waals surface area contributed by atoms with Crippen LogP contribution in [0.4, 0.5) is 0 Å². The summed E-state index contributed by atoms with van der Waals surface area (Å²) in [6.45, 7) is 9.61. The van der Waals surface area contributed by atoms with Crippen LogP contribution >= 0.6 is 0 Å². The Morgan fingerprint density at radius 1 is 1.39 bits per heavy atom. The molecular weight excluding hydrogens is 298 g/mol. The van der Waals surface area contributed by atoms with Gasteiger partial charge < -0.3 is 20.2 Å². The van der Waals surface area contributed by atoms with Crippen LogP contribution in [0.25, 0.3) is 0 Å². The molecule has 0 rings (SSSR count). The van der Waals surface area contributed by atoms with Crippen LogP contribution in [0.5, 0.6) is 0 Å². The van der Waals surface area contributed by atoms with Crippen molar-refractivity contribution in [1.82, 2.24) is 5.32 Å². The van der Waals surface area contributed by atoms with Gasteiger partial charge in [0, 0.05) is 12.4 Å².